The molecule has 2 N–H and O–H groups in total. The third kappa shape index (κ3) is 0.654. The molecular weight excluding hydrogens is 132 g/mol. The molecule has 0 aromatic heterocycles. The van der Waals surface area contributed by atoms with E-state index in [2.05, 4.69) is 10.6 Å². The molecule has 10 heavy (non-hydrogen) atoms. The average Bonchev–Trinajstić information content (AvgIpc) is 2.28. The Labute approximate surface area is 58.0 Å². The van der Waals surface area contributed by atoms with Crippen LogP contribution in [0.2, 0.25) is 0 Å². The number of nitrogens with one attached hydrogen (secondary N) is 2. The zero-order chi connectivity index (χ0) is 7.14. The fraction of sp³-hybridized carbons (Fsp3) is 0.667. The first-order chi connectivity index (χ1) is 4.77. The molecule has 2 rings (SSSR count). The van der Waals surface area contributed by atoms with Crippen LogP contribution in [0.15, 0.2) is 0 Å². The number of hydrogen-bond acceptors (Lipinski definition) is 3. The van der Waals surface area contributed by atoms with Crippen molar-refractivity contribution in [3.05, 3.63) is 0 Å². The van der Waals surface area contributed by atoms with Crippen LogP contribution in [0, 0.1) is 0 Å². The van der Waals surface area contributed by atoms with E-state index in [-0.39, 0.29) is 23.9 Å². The lowest BCUT2D eigenvalue weighted by Gasteiger charge is -2.18. The smallest absolute Gasteiger partial charge is 0.243 e. The molecule has 2 saturated heterocycles. The van der Waals surface area contributed by atoms with Gasteiger partial charge in [-0.15, -0.1) is 0 Å². The molecule has 2 aliphatic rings. The molecule has 54 valence electrons. The van der Waals surface area contributed by atoms with Crippen molar-refractivity contribution in [2.24, 2.45) is 0 Å². The number of fused-ring (bicyclic) bond motifs is 2. The minimum Gasteiger partial charge on any atom is -0.295 e. The predicted molar refractivity (Wildman–Crippen MR) is 33.1 cm³/mol. The summed E-state index contributed by atoms with van der Waals surface area (Å²) in [4.78, 5) is 21.7. The number of hydrogen-bond donors (Lipinski definition) is 2. The molecule has 4 nitrogen and oxygen atoms in total. The summed E-state index contributed by atoms with van der Waals surface area (Å²) in [5, 5.41) is 5.23. The first-order valence-corrected chi connectivity index (χ1v) is 3.38. The largest absolute Gasteiger partial charge is 0.295 e. The van der Waals surface area contributed by atoms with Gasteiger partial charge >= 0.3 is 0 Å². The van der Waals surface area contributed by atoms with Gasteiger partial charge in [-0.25, -0.2) is 0 Å². The summed E-state index contributed by atoms with van der Waals surface area (Å²) in [6.07, 6.45) is 1.59. The summed E-state index contributed by atoms with van der Waals surface area (Å²) in [7, 11) is 0. The Bertz CT molecular complexity index is 182. The van der Waals surface area contributed by atoms with E-state index in [4.69, 9.17) is 0 Å². The lowest BCUT2D eigenvalue weighted by molar-refractivity contribution is -0.134. The maximum absolute atomic E-state index is 10.9. The standard InChI is InChI=1S/C6H8N2O2/c9-5-3-1-2-4(7-3)6(10)8-5/h3-4,7H,1-2H2,(H,8,9,10). The van der Waals surface area contributed by atoms with Crippen LogP contribution in [0.1, 0.15) is 12.8 Å². The lowest BCUT2D eigenvalue weighted by atomic mass is 10.2. The highest BCUT2D eigenvalue weighted by Gasteiger charge is 2.39. The van der Waals surface area contributed by atoms with E-state index >= 15 is 0 Å². The van der Waals surface area contributed by atoms with Crippen molar-refractivity contribution in [1.29, 1.82) is 0 Å². The zero-order valence-electron chi connectivity index (χ0n) is 5.39. The van der Waals surface area contributed by atoms with Crippen molar-refractivity contribution in [3.8, 4) is 0 Å². The molecule has 0 aromatic carbocycles. The number of amides is 2. The van der Waals surface area contributed by atoms with Crippen LogP contribution in [0.4, 0.5) is 0 Å². The van der Waals surface area contributed by atoms with Gasteiger partial charge in [0.15, 0.2) is 0 Å². The van der Waals surface area contributed by atoms with E-state index in [9.17, 15) is 9.59 Å². The van der Waals surface area contributed by atoms with Crippen molar-refractivity contribution >= 4 is 11.8 Å². The lowest BCUT2D eigenvalue weighted by Crippen LogP contribution is -2.56. The van der Waals surface area contributed by atoms with Gasteiger partial charge < -0.3 is 0 Å². The molecule has 2 unspecified atom stereocenters. The van der Waals surface area contributed by atoms with Gasteiger partial charge in [0.25, 0.3) is 0 Å². The molecule has 2 amide bonds. The predicted octanol–water partition coefficient (Wildman–Crippen LogP) is -1.24. The summed E-state index contributed by atoms with van der Waals surface area (Å²) in [6, 6.07) is -0.217. The van der Waals surface area contributed by atoms with E-state index in [0.29, 0.717) is 0 Å². The fourth-order valence-electron chi connectivity index (χ4n) is 1.45. The van der Waals surface area contributed by atoms with Crippen molar-refractivity contribution < 1.29 is 9.59 Å². The molecule has 2 bridgehead atoms. The van der Waals surface area contributed by atoms with Gasteiger partial charge in [0.2, 0.25) is 11.8 Å². The molecule has 2 heterocycles. The van der Waals surface area contributed by atoms with E-state index in [1.165, 1.54) is 0 Å². The second-order valence-corrected chi connectivity index (χ2v) is 2.70. The van der Waals surface area contributed by atoms with Gasteiger partial charge in [-0.1, -0.05) is 0 Å². The van der Waals surface area contributed by atoms with E-state index in [0.717, 1.165) is 12.8 Å². The first kappa shape index (κ1) is 5.85. The molecule has 4 heteroatoms. The number of piperazine rings is 1. The Morgan fingerprint density at radius 2 is 1.60 bits per heavy atom. The molecule has 0 radical (unpaired) electrons. The maximum Gasteiger partial charge on any atom is 0.243 e. The Balaban J connectivity index is 2.24. The molecule has 0 aromatic rings. The average molecular weight is 140 g/mol. The van der Waals surface area contributed by atoms with Gasteiger partial charge in [-0.05, 0) is 12.8 Å². The molecule has 2 atom stereocenters. The van der Waals surface area contributed by atoms with Crippen LogP contribution in [0.25, 0.3) is 0 Å². The Kier molecular flexibility index (Phi) is 1.05. The molecule has 0 aliphatic carbocycles. The summed E-state index contributed by atoms with van der Waals surface area (Å²) in [5.74, 6) is -0.336. The zero-order valence-corrected chi connectivity index (χ0v) is 5.39. The monoisotopic (exact) mass is 140 g/mol. The van der Waals surface area contributed by atoms with E-state index in [1.54, 1.807) is 0 Å². The molecular formula is C6H8N2O2. The van der Waals surface area contributed by atoms with Crippen molar-refractivity contribution in [2.45, 2.75) is 24.9 Å². The normalized spacial score (nSPS) is 38.0. The van der Waals surface area contributed by atoms with Crippen LogP contribution in [0.5, 0.6) is 0 Å². The highest BCUT2D eigenvalue weighted by Crippen LogP contribution is 2.16. The van der Waals surface area contributed by atoms with Crippen molar-refractivity contribution in [3.63, 3.8) is 0 Å². The first-order valence-electron chi connectivity index (χ1n) is 3.38. The van der Waals surface area contributed by atoms with Gasteiger partial charge in [0.05, 0.1) is 12.1 Å². The number of rotatable bonds is 0. The van der Waals surface area contributed by atoms with E-state index < -0.39 is 0 Å². The van der Waals surface area contributed by atoms with Gasteiger partial charge in [0, 0.05) is 0 Å². The molecule has 0 saturated carbocycles. The Hall–Kier alpha value is -0.900. The quantitative estimate of drug-likeness (QED) is 0.414. The second-order valence-electron chi connectivity index (χ2n) is 2.70. The van der Waals surface area contributed by atoms with Gasteiger partial charge in [-0.3, -0.25) is 20.2 Å². The van der Waals surface area contributed by atoms with Crippen LogP contribution in [-0.2, 0) is 9.59 Å². The van der Waals surface area contributed by atoms with Crippen molar-refractivity contribution in [2.75, 3.05) is 0 Å². The third-order valence-electron chi connectivity index (χ3n) is 2.03. The highest BCUT2D eigenvalue weighted by atomic mass is 16.2. The van der Waals surface area contributed by atoms with Crippen LogP contribution >= 0.6 is 0 Å². The number of carbonyl (C=O) groups is 2. The van der Waals surface area contributed by atoms with Gasteiger partial charge in [0.1, 0.15) is 0 Å². The fourth-order valence-corrected chi connectivity index (χ4v) is 1.45. The maximum atomic E-state index is 10.9. The summed E-state index contributed by atoms with van der Waals surface area (Å²) >= 11 is 0. The SMILES string of the molecule is O=C1NC(=O)C2CCC1N2. The molecule has 0 spiro atoms. The minimum absolute atomic E-state index is 0.109. The van der Waals surface area contributed by atoms with Crippen LogP contribution in [0.3, 0.4) is 0 Å². The molecule has 2 aliphatic heterocycles. The summed E-state index contributed by atoms with van der Waals surface area (Å²) < 4.78 is 0. The molecule has 2 fully saturated rings. The Morgan fingerprint density at radius 1 is 1.10 bits per heavy atom. The second kappa shape index (κ2) is 1.79. The van der Waals surface area contributed by atoms with E-state index in [1.807, 2.05) is 0 Å². The van der Waals surface area contributed by atoms with Crippen molar-refractivity contribution in [1.82, 2.24) is 10.6 Å². The van der Waals surface area contributed by atoms with Crippen LogP contribution < -0.4 is 10.6 Å². The topological polar surface area (TPSA) is 58.2 Å². The highest BCUT2D eigenvalue weighted by molar-refractivity contribution is 6.03. The third-order valence-corrected chi connectivity index (χ3v) is 2.03. The number of imide groups is 1. The summed E-state index contributed by atoms with van der Waals surface area (Å²) in [5.41, 5.74) is 0. The van der Waals surface area contributed by atoms with Gasteiger partial charge in [-0.2, -0.15) is 0 Å². The minimum atomic E-state index is -0.168. The van der Waals surface area contributed by atoms with Crippen LogP contribution in [-0.4, -0.2) is 23.9 Å². The Morgan fingerprint density at radius 3 is 2.10 bits per heavy atom. The number of carbonyl (C=O) groups excluding carboxylic acids is 2. The summed E-state index contributed by atoms with van der Waals surface area (Å²) in [6.45, 7) is 0.